The maximum absolute atomic E-state index is 2.59. The predicted molar refractivity (Wildman–Crippen MR) is 151 cm³/mol. The molecule has 0 aromatic rings. The van der Waals surface area contributed by atoms with Crippen molar-refractivity contribution >= 4 is 0 Å². The molecule has 2 atom stereocenters. The van der Waals surface area contributed by atoms with E-state index in [2.05, 4.69) is 119 Å². The zero-order valence-corrected chi connectivity index (χ0v) is 21.1. The molecule has 0 saturated heterocycles. The number of rotatable bonds is 6. The summed E-state index contributed by atoms with van der Waals surface area (Å²) >= 11 is 0. The van der Waals surface area contributed by atoms with Crippen LogP contribution in [0.2, 0.25) is 0 Å². The molecule has 6 aliphatic carbocycles. The molecule has 0 bridgehead atoms. The van der Waals surface area contributed by atoms with Crippen molar-refractivity contribution in [3.63, 3.8) is 0 Å². The van der Waals surface area contributed by atoms with E-state index >= 15 is 0 Å². The molecule has 2 heteroatoms. The molecule has 6 rings (SSSR count). The zero-order valence-electron chi connectivity index (χ0n) is 21.1. The highest BCUT2D eigenvalue weighted by Gasteiger charge is 2.36. The molecule has 0 aromatic heterocycles. The summed E-state index contributed by atoms with van der Waals surface area (Å²) in [6.45, 7) is 0. The Labute approximate surface area is 216 Å². The van der Waals surface area contributed by atoms with E-state index in [9.17, 15) is 0 Å². The molecule has 0 fully saturated rings. The standard InChI is InChI=1S/C34H36N2/c1-5-15-27(16-6-1)35(28-17-7-2-8-18-28)33-25-26-34(32-24-14-13-23-31(32)33)36(29-19-9-3-10-20-29)30-21-11-4-12-22-30/h1-3,5,7,9,11,13-15,17,19,21-26,31-32H,4,6,8,10,12,16,18,20H2. The second-order valence-electron chi connectivity index (χ2n) is 10.2. The van der Waals surface area contributed by atoms with Gasteiger partial charge in [-0.2, -0.15) is 0 Å². The van der Waals surface area contributed by atoms with Crippen LogP contribution in [0.25, 0.3) is 0 Å². The van der Waals surface area contributed by atoms with Crippen molar-refractivity contribution in [2.75, 3.05) is 0 Å². The fourth-order valence-electron chi connectivity index (χ4n) is 6.10. The number of hydrogen-bond donors (Lipinski definition) is 0. The van der Waals surface area contributed by atoms with Crippen molar-refractivity contribution in [2.24, 2.45) is 11.8 Å². The second-order valence-corrected chi connectivity index (χ2v) is 10.2. The molecule has 0 heterocycles. The number of allylic oxidation sites excluding steroid dienone is 21. The van der Waals surface area contributed by atoms with E-state index < -0.39 is 0 Å². The van der Waals surface area contributed by atoms with Crippen LogP contribution in [0, 0.1) is 11.8 Å². The molecule has 0 spiro atoms. The lowest BCUT2D eigenvalue weighted by atomic mass is 9.78. The van der Waals surface area contributed by atoms with Gasteiger partial charge in [0.15, 0.2) is 0 Å². The third-order valence-electron chi connectivity index (χ3n) is 7.83. The minimum atomic E-state index is 0.306. The Balaban J connectivity index is 1.46. The van der Waals surface area contributed by atoms with Crippen molar-refractivity contribution < 1.29 is 0 Å². The number of nitrogens with zero attached hydrogens (tertiary/aromatic N) is 2. The van der Waals surface area contributed by atoms with E-state index in [1.165, 1.54) is 34.2 Å². The summed E-state index contributed by atoms with van der Waals surface area (Å²) in [5, 5.41) is 0. The van der Waals surface area contributed by atoms with E-state index in [-0.39, 0.29) is 0 Å². The summed E-state index contributed by atoms with van der Waals surface area (Å²) in [5.74, 6) is 0.615. The van der Waals surface area contributed by atoms with Crippen LogP contribution in [-0.4, -0.2) is 9.80 Å². The Bertz CT molecular complexity index is 1220. The molecular formula is C34H36N2. The Kier molecular flexibility index (Phi) is 6.76. The molecule has 0 saturated carbocycles. The van der Waals surface area contributed by atoms with Gasteiger partial charge in [0.25, 0.3) is 0 Å². The van der Waals surface area contributed by atoms with Crippen molar-refractivity contribution in [1.29, 1.82) is 0 Å². The van der Waals surface area contributed by atoms with Crippen LogP contribution < -0.4 is 0 Å². The number of fused-ring (bicyclic) bond motifs is 1. The van der Waals surface area contributed by atoms with Crippen molar-refractivity contribution in [3.05, 3.63) is 144 Å². The Hall–Kier alpha value is -3.52. The van der Waals surface area contributed by atoms with Gasteiger partial charge in [-0.3, -0.25) is 0 Å². The molecule has 6 aliphatic rings. The molecule has 182 valence electrons. The highest BCUT2D eigenvalue weighted by Crippen LogP contribution is 2.45. The van der Waals surface area contributed by atoms with Gasteiger partial charge < -0.3 is 9.80 Å². The average Bonchev–Trinajstić information content (AvgIpc) is 2.97. The van der Waals surface area contributed by atoms with Crippen LogP contribution >= 0.6 is 0 Å². The fourth-order valence-corrected chi connectivity index (χ4v) is 6.10. The number of hydrogen-bond acceptors (Lipinski definition) is 2. The quantitative estimate of drug-likeness (QED) is 0.381. The maximum Gasteiger partial charge on any atom is 0.0412 e. The normalized spacial score (nSPS) is 26.3. The van der Waals surface area contributed by atoms with Gasteiger partial charge in [0.05, 0.1) is 0 Å². The minimum absolute atomic E-state index is 0.306. The zero-order chi connectivity index (χ0) is 24.2. The lowest BCUT2D eigenvalue weighted by molar-refractivity contribution is 0.361. The first kappa shape index (κ1) is 22.9. The highest BCUT2D eigenvalue weighted by atomic mass is 15.2. The van der Waals surface area contributed by atoms with E-state index in [1.807, 2.05) is 0 Å². The van der Waals surface area contributed by atoms with Crippen LogP contribution in [-0.2, 0) is 0 Å². The van der Waals surface area contributed by atoms with Crippen molar-refractivity contribution in [2.45, 2.75) is 51.4 Å². The molecule has 2 nitrogen and oxygen atoms in total. The first-order valence-corrected chi connectivity index (χ1v) is 13.7. The molecule has 0 aromatic carbocycles. The summed E-state index contributed by atoms with van der Waals surface area (Å²) in [4.78, 5) is 5.15. The average molecular weight is 473 g/mol. The van der Waals surface area contributed by atoms with Gasteiger partial charge in [-0.1, -0.05) is 72.9 Å². The minimum Gasteiger partial charge on any atom is -0.321 e. The monoisotopic (exact) mass is 472 g/mol. The smallest absolute Gasteiger partial charge is 0.0412 e. The van der Waals surface area contributed by atoms with Gasteiger partial charge in [0, 0.05) is 46.0 Å². The van der Waals surface area contributed by atoms with Gasteiger partial charge in [-0.15, -0.1) is 0 Å². The summed E-state index contributed by atoms with van der Waals surface area (Å²) < 4.78 is 0. The van der Waals surface area contributed by atoms with Crippen LogP contribution in [0.5, 0.6) is 0 Å². The maximum atomic E-state index is 2.59. The van der Waals surface area contributed by atoms with Crippen LogP contribution in [0.4, 0.5) is 0 Å². The highest BCUT2D eigenvalue weighted by molar-refractivity contribution is 5.46. The van der Waals surface area contributed by atoms with E-state index in [0.717, 1.165) is 51.4 Å². The first-order valence-electron chi connectivity index (χ1n) is 13.7. The third-order valence-corrected chi connectivity index (χ3v) is 7.83. The summed E-state index contributed by atoms with van der Waals surface area (Å²) in [5.41, 5.74) is 8.34. The lowest BCUT2D eigenvalue weighted by Gasteiger charge is -2.44. The molecule has 0 amide bonds. The molecule has 36 heavy (non-hydrogen) atoms. The fraction of sp³-hybridized carbons (Fsp3) is 0.294. The molecular weight excluding hydrogens is 436 g/mol. The van der Waals surface area contributed by atoms with Gasteiger partial charge >= 0.3 is 0 Å². The first-order chi connectivity index (χ1) is 17.9. The van der Waals surface area contributed by atoms with E-state index in [1.54, 1.807) is 0 Å². The molecule has 0 aliphatic heterocycles. The molecule has 0 radical (unpaired) electrons. The van der Waals surface area contributed by atoms with Crippen LogP contribution in [0.3, 0.4) is 0 Å². The summed E-state index contributed by atoms with van der Waals surface area (Å²) in [6.07, 6.45) is 50.6. The molecule has 0 N–H and O–H groups in total. The third kappa shape index (κ3) is 4.53. The van der Waals surface area contributed by atoms with Crippen LogP contribution in [0.1, 0.15) is 51.4 Å². The Morgan fingerprint density at radius 3 is 1.50 bits per heavy atom. The van der Waals surface area contributed by atoms with Gasteiger partial charge in [0.2, 0.25) is 0 Å². The Morgan fingerprint density at radius 2 is 1.03 bits per heavy atom. The topological polar surface area (TPSA) is 6.48 Å². The van der Waals surface area contributed by atoms with Gasteiger partial charge in [-0.25, -0.2) is 0 Å². The lowest BCUT2D eigenvalue weighted by Crippen LogP contribution is -2.36. The van der Waals surface area contributed by atoms with Gasteiger partial charge in [0.1, 0.15) is 0 Å². The summed E-state index contributed by atoms with van der Waals surface area (Å²) in [7, 11) is 0. The van der Waals surface area contributed by atoms with Gasteiger partial charge in [-0.05, 0) is 87.8 Å². The van der Waals surface area contributed by atoms with E-state index in [4.69, 9.17) is 0 Å². The van der Waals surface area contributed by atoms with Crippen LogP contribution in [0.15, 0.2) is 144 Å². The van der Waals surface area contributed by atoms with Crippen molar-refractivity contribution in [1.82, 2.24) is 9.80 Å². The largest absolute Gasteiger partial charge is 0.321 e. The predicted octanol–water partition coefficient (Wildman–Crippen LogP) is 8.67. The van der Waals surface area contributed by atoms with Crippen molar-refractivity contribution in [3.8, 4) is 0 Å². The SMILES string of the molecule is C1=CCCC(N(C2=CCCC=C2)C2=CC=C(N(C3=CC=CCC3)C3=CC=CCC3)C3C=CC=CC23)=C1. The van der Waals surface area contributed by atoms with E-state index in [0.29, 0.717) is 11.8 Å². The Morgan fingerprint density at radius 1 is 0.500 bits per heavy atom. The second kappa shape index (κ2) is 10.6. The molecule has 2 unspecified atom stereocenters. The summed E-state index contributed by atoms with van der Waals surface area (Å²) in [6, 6.07) is 0.